The second-order valence-electron chi connectivity index (χ2n) is 6.27. The van der Waals surface area contributed by atoms with Gasteiger partial charge in [-0.3, -0.25) is 14.7 Å². The zero-order valence-corrected chi connectivity index (χ0v) is 14.4. The Bertz CT molecular complexity index is 718. The Hall–Kier alpha value is -1.91. The van der Waals surface area contributed by atoms with Crippen LogP contribution in [0.3, 0.4) is 0 Å². The minimum atomic E-state index is -0.779. The lowest BCUT2D eigenvalue weighted by Gasteiger charge is -2.39. The van der Waals surface area contributed by atoms with Crippen molar-refractivity contribution in [3.63, 3.8) is 0 Å². The maximum Gasteiger partial charge on any atom is 0.320 e. The minimum Gasteiger partial charge on any atom is -0.480 e. The molecule has 126 valence electrons. The molecule has 1 fully saturated rings. The zero-order chi connectivity index (χ0) is 17.1. The quantitative estimate of drug-likeness (QED) is 0.908. The summed E-state index contributed by atoms with van der Waals surface area (Å²) in [5, 5.41) is 10.3. The number of pyridine rings is 1. The van der Waals surface area contributed by atoms with Crippen LogP contribution in [0.25, 0.3) is 0 Å². The topological polar surface area (TPSA) is 53.4 Å². The van der Waals surface area contributed by atoms with Gasteiger partial charge in [0.15, 0.2) is 0 Å². The molecule has 2 heterocycles. The number of carboxylic acid groups (broad SMARTS) is 1. The zero-order valence-electron chi connectivity index (χ0n) is 13.7. The number of piperidine rings is 1. The second-order valence-corrected chi connectivity index (χ2v) is 6.68. The standard InChI is InChI=1S/C19H21ClN2O2/c1-13-9-10-16(21-12-13)18(14-6-2-3-7-15(14)20)22-11-5-4-8-17(22)19(23)24/h2-3,6-7,9-10,12,17-18H,4-5,8,11H2,1H3,(H,23,24). The van der Waals surface area contributed by atoms with Crippen LogP contribution in [0.5, 0.6) is 0 Å². The highest BCUT2D eigenvalue weighted by atomic mass is 35.5. The van der Waals surface area contributed by atoms with E-state index < -0.39 is 12.0 Å². The van der Waals surface area contributed by atoms with Crippen LogP contribution in [0.2, 0.25) is 5.02 Å². The van der Waals surface area contributed by atoms with Gasteiger partial charge in [0.2, 0.25) is 0 Å². The summed E-state index contributed by atoms with van der Waals surface area (Å²) >= 11 is 6.44. The average Bonchev–Trinajstić information content (AvgIpc) is 2.59. The molecule has 1 saturated heterocycles. The van der Waals surface area contributed by atoms with E-state index in [1.54, 1.807) is 0 Å². The van der Waals surface area contributed by atoms with E-state index in [0.29, 0.717) is 11.4 Å². The number of carboxylic acids is 1. The second kappa shape index (κ2) is 7.32. The molecule has 5 heteroatoms. The van der Waals surface area contributed by atoms with Crippen LogP contribution in [0.1, 0.15) is 42.1 Å². The molecular formula is C19H21ClN2O2. The molecule has 0 aliphatic carbocycles. The summed E-state index contributed by atoms with van der Waals surface area (Å²) in [5.74, 6) is -0.779. The van der Waals surface area contributed by atoms with Crippen LogP contribution in [0.4, 0.5) is 0 Å². The lowest BCUT2D eigenvalue weighted by molar-refractivity contribution is -0.145. The molecule has 3 rings (SSSR count). The van der Waals surface area contributed by atoms with Gasteiger partial charge < -0.3 is 5.11 Å². The van der Waals surface area contributed by atoms with E-state index >= 15 is 0 Å². The van der Waals surface area contributed by atoms with E-state index in [1.165, 1.54) is 0 Å². The number of aromatic nitrogens is 1. The molecule has 2 atom stereocenters. The van der Waals surface area contributed by atoms with Crippen molar-refractivity contribution in [3.05, 3.63) is 64.4 Å². The van der Waals surface area contributed by atoms with E-state index in [-0.39, 0.29) is 6.04 Å². The number of rotatable bonds is 4. The first-order chi connectivity index (χ1) is 11.6. The molecule has 0 radical (unpaired) electrons. The van der Waals surface area contributed by atoms with Gasteiger partial charge in [0.05, 0.1) is 11.7 Å². The number of aryl methyl sites for hydroxylation is 1. The number of nitrogens with zero attached hydrogens (tertiary/aromatic N) is 2. The summed E-state index contributed by atoms with van der Waals surface area (Å²) in [6.07, 6.45) is 4.39. The van der Waals surface area contributed by atoms with Gasteiger partial charge in [0, 0.05) is 11.2 Å². The Labute approximate surface area is 147 Å². The Morgan fingerprint density at radius 1 is 1.29 bits per heavy atom. The van der Waals surface area contributed by atoms with E-state index in [2.05, 4.69) is 4.98 Å². The monoisotopic (exact) mass is 344 g/mol. The molecule has 1 aliphatic heterocycles. The van der Waals surface area contributed by atoms with E-state index in [1.807, 2.05) is 54.4 Å². The predicted molar refractivity (Wildman–Crippen MR) is 94.2 cm³/mol. The minimum absolute atomic E-state index is 0.249. The van der Waals surface area contributed by atoms with Gasteiger partial charge in [-0.25, -0.2) is 0 Å². The third kappa shape index (κ3) is 3.45. The molecule has 2 aromatic rings. The van der Waals surface area contributed by atoms with E-state index in [4.69, 9.17) is 11.6 Å². The first-order valence-electron chi connectivity index (χ1n) is 8.23. The third-order valence-corrected chi connectivity index (χ3v) is 4.92. The Balaban J connectivity index is 2.09. The number of benzene rings is 1. The molecule has 0 saturated carbocycles. The van der Waals surface area contributed by atoms with E-state index in [9.17, 15) is 9.90 Å². The first kappa shape index (κ1) is 16.9. The molecule has 1 aromatic heterocycles. The van der Waals surface area contributed by atoms with Crippen LogP contribution < -0.4 is 0 Å². The summed E-state index contributed by atoms with van der Waals surface area (Å²) in [6, 6.07) is 10.8. The molecule has 0 bridgehead atoms. The normalized spacial score (nSPS) is 19.8. The molecule has 0 spiro atoms. The number of halogens is 1. The summed E-state index contributed by atoms with van der Waals surface area (Å²) in [4.78, 5) is 18.4. The van der Waals surface area contributed by atoms with Crippen molar-refractivity contribution < 1.29 is 9.90 Å². The van der Waals surface area contributed by atoms with Gasteiger partial charge >= 0.3 is 5.97 Å². The molecule has 0 amide bonds. The van der Waals surface area contributed by atoms with Crippen LogP contribution in [0.15, 0.2) is 42.6 Å². The Kier molecular flexibility index (Phi) is 5.17. The molecule has 24 heavy (non-hydrogen) atoms. The van der Waals surface area contributed by atoms with Gasteiger partial charge in [-0.15, -0.1) is 0 Å². The predicted octanol–water partition coefficient (Wildman–Crippen LogP) is 4.07. The van der Waals surface area contributed by atoms with Crippen LogP contribution >= 0.6 is 11.6 Å². The Morgan fingerprint density at radius 3 is 2.75 bits per heavy atom. The molecule has 1 aliphatic rings. The highest BCUT2D eigenvalue weighted by Gasteiger charge is 2.36. The fourth-order valence-corrected chi connectivity index (χ4v) is 3.61. The maximum atomic E-state index is 11.8. The van der Waals surface area contributed by atoms with Gasteiger partial charge in [-0.1, -0.05) is 42.3 Å². The van der Waals surface area contributed by atoms with Crippen LogP contribution in [0, 0.1) is 6.92 Å². The third-order valence-electron chi connectivity index (χ3n) is 4.58. The molecule has 4 nitrogen and oxygen atoms in total. The summed E-state index contributed by atoms with van der Waals surface area (Å²) in [7, 11) is 0. The SMILES string of the molecule is Cc1ccc(C(c2ccccc2Cl)N2CCCCC2C(=O)O)nc1. The van der Waals surface area contributed by atoms with Crippen molar-refractivity contribution in [2.45, 2.75) is 38.3 Å². The van der Waals surface area contributed by atoms with Crippen LogP contribution in [-0.4, -0.2) is 33.5 Å². The number of aliphatic carboxylic acids is 1. The molecule has 1 aromatic carbocycles. The summed E-state index contributed by atoms with van der Waals surface area (Å²) in [6.45, 7) is 2.71. The van der Waals surface area contributed by atoms with Gasteiger partial charge in [0.25, 0.3) is 0 Å². The lowest BCUT2D eigenvalue weighted by Crippen LogP contribution is -2.47. The van der Waals surface area contributed by atoms with Gasteiger partial charge in [-0.05, 0) is 49.6 Å². The fourth-order valence-electron chi connectivity index (χ4n) is 3.37. The largest absolute Gasteiger partial charge is 0.480 e. The van der Waals surface area contributed by atoms with Crippen molar-refractivity contribution in [1.82, 2.24) is 9.88 Å². The maximum absolute atomic E-state index is 11.8. The molecule has 2 unspecified atom stereocenters. The van der Waals surface area contributed by atoms with E-state index in [0.717, 1.165) is 36.2 Å². The fraction of sp³-hybridized carbons (Fsp3) is 0.368. The summed E-state index contributed by atoms with van der Waals surface area (Å²) < 4.78 is 0. The highest BCUT2D eigenvalue weighted by molar-refractivity contribution is 6.31. The lowest BCUT2D eigenvalue weighted by atomic mass is 9.94. The van der Waals surface area contributed by atoms with Gasteiger partial charge in [0.1, 0.15) is 6.04 Å². The molecular weight excluding hydrogens is 324 g/mol. The highest BCUT2D eigenvalue weighted by Crippen LogP contribution is 2.36. The van der Waals surface area contributed by atoms with Crippen molar-refractivity contribution in [1.29, 1.82) is 0 Å². The number of carbonyl (C=O) groups is 1. The molecule has 1 N–H and O–H groups in total. The van der Waals surface area contributed by atoms with Crippen molar-refractivity contribution in [2.24, 2.45) is 0 Å². The first-order valence-corrected chi connectivity index (χ1v) is 8.61. The number of hydrogen-bond donors (Lipinski definition) is 1. The summed E-state index contributed by atoms with van der Waals surface area (Å²) in [5.41, 5.74) is 2.82. The number of hydrogen-bond acceptors (Lipinski definition) is 3. The van der Waals surface area contributed by atoms with Crippen molar-refractivity contribution in [3.8, 4) is 0 Å². The van der Waals surface area contributed by atoms with Gasteiger partial charge in [-0.2, -0.15) is 0 Å². The Morgan fingerprint density at radius 2 is 2.08 bits per heavy atom. The van der Waals surface area contributed by atoms with Crippen molar-refractivity contribution in [2.75, 3.05) is 6.54 Å². The average molecular weight is 345 g/mol. The van der Waals surface area contributed by atoms with Crippen LogP contribution in [-0.2, 0) is 4.79 Å². The number of likely N-dealkylation sites (tertiary alicyclic amines) is 1. The van der Waals surface area contributed by atoms with Crippen molar-refractivity contribution >= 4 is 17.6 Å². The smallest absolute Gasteiger partial charge is 0.320 e.